The van der Waals surface area contributed by atoms with Crippen LogP contribution >= 0.6 is 0 Å². The number of nitrogens with zero attached hydrogens (tertiary/aromatic N) is 2. The maximum atomic E-state index is 11.3. The molecule has 2 N–H and O–H groups in total. The van der Waals surface area contributed by atoms with Crippen molar-refractivity contribution < 1.29 is 31.6 Å². The fourth-order valence-electron chi connectivity index (χ4n) is 2.29. The molecule has 0 bridgehead atoms. The molecule has 0 spiro atoms. The van der Waals surface area contributed by atoms with E-state index in [1.165, 1.54) is 0 Å². The van der Waals surface area contributed by atoms with Crippen LogP contribution in [0.3, 0.4) is 0 Å². The molecule has 0 aromatic carbocycles. The van der Waals surface area contributed by atoms with Crippen molar-refractivity contribution in [2.75, 3.05) is 32.7 Å². The highest BCUT2D eigenvalue weighted by molar-refractivity contribution is 6.00. The molecule has 112 valence electrons. The van der Waals surface area contributed by atoms with Gasteiger partial charge in [-0.05, 0) is 6.92 Å². The lowest BCUT2D eigenvalue weighted by Gasteiger charge is -2.35. The molecule has 2 saturated heterocycles. The quantitative estimate of drug-likeness (QED) is 0.504. The van der Waals surface area contributed by atoms with Crippen LogP contribution in [0.5, 0.6) is 0 Å². The van der Waals surface area contributed by atoms with Gasteiger partial charge in [-0.25, -0.2) is 0 Å². The summed E-state index contributed by atoms with van der Waals surface area (Å²) in [6, 6.07) is -0.0892. The minimum absolute atomic E-state index is 0. The van der Waals surface area contributed by atoms with Crippen LogP contribution in [0.2, 0.25) is 0 Å². The van der Waals surface area contributed by atoms with Gasteiger partial charge < -0.3 is 12.4 Å². The Morgan fingerprint density at radius 1 is 0.900 bits per heavy atom. The predicted octanol–water partition coefficient (Wildman–Crippen LogP) is -5.70. The number of carbonyl (C=O) groups excluding carboxylic acids is 4. The van der Waals surface area contributed by atoms with Gasteiger partial charge in [0, 0.05) is 12.6 Å². The average molecular weight is 304 g/mol. The largest absolute Gasteiger partial charge is 1.00 e. The van der Waals surface area contributed by atoms with Crippen LogP contribution in [0.15, 0.2) is 0 Å². The van der Waals surface area contributed by atoms with Crippen molar-refractivity contribution in [3.8, 4) is 0 Å². The minimum atomic E-state index is -0.324. The topological polar surface area (TPSA) is 98.8 Å². The second-order valence-electron chi connectivity index (χ2n) is 4.87. The Bertz CT molecular complexity index is 410. The number of hydrogen-bond donors (Lipinski definition) is 2. The Morgan fingerprint density at radius 3 is 1.75 bits per heavy atom. The van der Waals surface area contributed by atoms with Gasteiger partial charge in [-0.1, -0.05) is 0 Å². The number of nitrogens with one attached hydrogen (secondary N) is 2. The zero-order valence-corrected chi connectivity index (χ0v) is 11.8. The molecule has 0 aliphatic carbocycles. The first kappa shape index (κ1) is 16.5. The Hall–Kier alpha value is -1.51. The molecule has 2 aliphatic rings. The SMILES string of the molecule is C[C@@H](CN1CC(=O)NC(=O)C1)N1CC(=O)NC(=O)C1.[Cl-]. The number of hydrogen-bond acceptors (Lipinski definition) is 6. The summed E-state index contributed by atoms with van der Waals surface area (Å²) < 4.78 is 0. The van der Waals surface area contributed by atoms with Gasteiger partial charge in [0.05, 0.1) is 26.2 Å². The van der Waals surface area contributed by atoms with Crippen molar-refractivity contribution in [2.24, 2.45) is 0 Å². The lowest BCUT2D eigenvalue weighted by Crippen LogP contribution is -3.00. The second-order valence-corrected chi connectivity index (χ2v) is 4.87. The first-order chi connectivity index (χ1) is 8.94. The van der Waals surface area contributed by atoms with E-state index in [1.807, 2.05) is 6.92 Å². The summed E-state index contributed by atoms with van der Waals surface area (Å²) in [6.45, 7) is 2.94. The molecular formula is C11H16ClN4O4-. The molecule has 0 radical (unpaired) electrons. The van der Waals surface area contributed by atoms with Gasteiger partial charge >= 0.3 is 0 Å². The van der Waals surface area contributed by atoms with Crippen molar-refractivity contribution >= 4 is 23.6 Å². The Kier molecular flexibility index (Phi) is 5.61. The molecule has 2 aliphatic heterocycles. The van der Waals surface area contributed by atoms with Gasteiger partial charge in [-0.2, -0.15) is 0 Å². The standard InChI is InChI=1S/C11H16N4O4.ClH/c1-7(15-5-10(18)13-11(19)6-15)2-14-3-8(16)12-9(17)4-14;/h7H,2-6H2,1H3,(H,12,16,17)(H,13,18,19);1H/p-1/t7-;/m0./s1. The van der Waals surface area contributed by atoms with Gasteiger partial charge in [-0.3, -0.25) is 39.6 Å². The van der Waals surface area contributed by atoms with E-state index >= 15 is 0 Å². The highest BCUT2D eigenvalue weighted by atomic mass is 35.5. The molecule has 20 heavy (non-hydrogen) atoms. The molecule has 2 fully saturated rings. The third kappa shape index (κ3) is 4.26. The number of halogens is 1. The summed E-state index contributed by atoms with van der Waals surface area (Å²) in [4.78, 5) is 48.5. The van der Waals surface area contributed by atoms with Gasteiger partial charge in [0.25, 0.3) is 0 Å². The Labute approximate surface area is 122 Å². The molecule has 1 atom stereocenters. The molecule has 4 amide bonds. The highest BCUT2D eigenvalue weighted by Gasteiger charge is 2.29. The van der Waals surface area contributed by atoms with Crippen molar-refractivity contribution in [3.05, 3.63) is 0 Å². The molecule has 0 saturated carbocycles. The molecule has 0 aromatic heterocycles. The van der Waals surface area contributed by atoms with Crippen molar-refractivity contribution in [1.82, 2.24) is 20.4 Å². The van der Waals surface area contributed by atoms with Crippen LogP contribution in [0.4, 0.5) is 0 Å². The van der Waals surface area contributed by atoms with Crippen LogP contribution in [0.1, 0.15) is 6.92 Å². The lowest BCUT2D eigenvalue weighted by molar-refractivity contribution is -0.140. The molecule has 8 nitrogen and oxygen atoms in total. The zero-order chi connectivity index (χ0) is 14.0. The summed E-state index contributed by atoms with van der Waals surface area (Å²) in [5, 5.41) is 4.46. The van der Waals surface area contributed by atoms with E-state index in [-0.39, 0.29) is 68.3 Å². The number of carbonyl (C=O) groups is 4. The van der Waals surface area contributed by atoms with E-state index in [0.29, 0.717) is 6.54 Å². The average Bonchev–Trinajstić information content (AvgIpc) is 2.25. The van der Waals surface area contributed by atoms with E-state index < -0.39 is 0 Å². The minimum Gasteiger partial charge on any atom is -1.00 e. The number of piperazine rings is 2. The number of imide groups is 2. The van der Waals surface area contributed by atoms with E-state index in [0.717, 1.165) is 0 Å². The van der Waals surface area contributed by atoms with Crippen molar-refractivity contribution in [2.45, 2.75) is 13.0 Å². The molecule has 2 heterocycles. The summed E-state index contributed by atoms with van der Waals surface area (Å²) in [7, 11) is 0. The van der Waals surface area contributed by atoms with E-state index in [1.54, 1.807) is 9.80 Å². The zero-order valence-electron chi connectivity index (χ0n) is 11.0. The summed E-state index contributed by atoms with van der Waals surface area (Å²) in [5.41, 5.74) is 0. The summed E-state index contributed by atoms with van der Waals surface area (Å²) in [5.74, 6) is -1.29. The predicted molar refractivity (Wildman–Crippen MR) is 63.8 cm³/mol. The fraction of sp³-hybridized carbons (Fsp3) is 0.636. The first-order valence-corrected chi connectivity index (χ1v) is 6.06. The van der Waals surface area contributed by atoms with Gasteiger partial charge in [0.2, 0.25) is 23.6 Å². The molecule has 0 aromatic rings. The van der Waals surface area contributed by atoms with Crippen LogP contribution in [-0.2, 0) is 19.2 Å². The third-order valence-electron chi connectivity index (χ3n) is 3.13. The molecule has 0 unspecified atom stereocenters. The summed E-state index contributed by atoms with van der Waals surface area (Å²) in [6.07, 6.45) is 0. The number of rotatable bonds is 3. The van der Waals surface area contributed by atoms with E-state index in [2.05, 4.69) is 10.6 Å². The first-order valence-electron chi connectivity index (χ1n) is 6.06. The second kappa shape index (κ2) is 6.78. The van der Waals surface area contributed by atoms with Crippen LogP contribution in [-0.4, -0.2) is 72.2 Å². The fourth-order valence-corrected chi connectivity index (χ4v) is 2.29. The van der Waals surface area contributed by atoms with E-state index in [4.69, 9.17) is 0 Å². The van der Waals surface area contributed by atoms with Crippen molar-refractivity contribution in [1.29, 1.82) is 0 Å². The molecule has 9 heteroatoms. The molecular weight excluding hydrogens is 288 g/mol. The third-order valence-corrected chi connectivity index (χ3v) is 3.13. The van der Waals surface area contributed by atoms with Gasteiger partial charge in [0.15, 0.2) is 0 Å². The Balaban J connectivity index is 0.00000200. The van der Waals surface area contributed by atoms with Crippen LogP contribution < -0.4 is 23.0 Å². The lowest BCUT2D eigenvalue weighted by atomic mass is 10.2. The van der Waals surface area contributed by atoms with Crippen molar-refractivity contribution in [3.63, 3.8) is 0 Å². The highest BCUT2D eigenvalue weighted by Crippen LogP contribution is 2.06. The maximum absolute atomic E-state index is 11.3. The smallest absolute Gasteiger partial charge is 0.240 e. The number of amides is 4. The van der Waals surface area contributed by atoms with Gasteiger partial charge in [-0.15, -0.1) is 0 Å². The molecule has 2 rings (SSSR count). The Morgan fingerprint density at radius 2 is 1.30 bits per heavy atom. The normalized spacial score (nSPS) is 22.9. The van der Waals surface area contributed by atoms with Crippen LogP contribution in [0, 0.1) is 0 Å². The monoisotopic (exact) mass is 303 g/mol. The van der Waals surface area contributed by atoms with Crippen LogP contribution in [0.25, 0.3) is 0 Å². The summed E-state index contributed by atoms with van der Waals surface area (Å²) >= 11 is 0. The van der Waals surface area contributed by atoms with E-state index in [9.17, 15) is 19.2 Å². The van der Waals surface area contributed by atoms with Gasteiger partial charge in [0.1, 0.15) is 0 Å². The maximum Gasteiger partial charge on any atom is 0.240 e.